The summed E-state index contributed by atoms with van der Waals surface area (Å²) in [5, 5.41) is 2.21. The van der Waals surface area contributed by atoms with Crippen LogP contribution in [0.5, 0.6) is 11.5 Å². The van der Waals surface area contributed by atoms with Gasteiger partial charge < -0.3 is 19.1 Å². The molecule has 264 valence electrons. The van der Waals surface area contributed by atoms with Gasteiger partial charge in [-0.15, -0.1) is 48.1 Å². The number of pyridine rings is 1. The van der Waals surface area contributed by atoms with Crippen molar-refractivity contribution in [3.63, 3.8) is 0 Å². The standard InChI is InChI=1S/C46H34FN4O.Pt/c1-46(2,3)32-25-26-48-45(27-32)51-41-16-7-5-14-38(41)39-24-23-36(29-44(39)51)52-35-12-10-11-34(28-35)49-30-50(43-18-9-8-17-42(43)49)40-15-6-4-13-37(40)31-19-21-33(47)22-20-31;/h4-27,30H,1-3H3;/q-3;. The molecular weight excluding hydrogens is 839 g/mol. The van der Waals surface area contributed by atoms with Crippen molar-refractivity contribution < 1.29 is 30.2 Å². The third-order valence-electron chi connectivity index (χ3n) is 9.58. The summed E-state index contributed by atoms with van der Waals surface area (Å²) in [5.41, 5.74) is 8.92. The van der Waals surface area contributed by atoms with Gasteiger partial charge in [0.15, 0.2) is 0 Å². The Morgan fingerprint density at radius 2 is 1.36 bits per heavy atom. The van der Waals surface area contributed by atoms with Crippen molar-refractivity contribution in [3.8, 4) is 28.4 Å². The van der Waals surface area contributed by atoms with Crippen molar-refractivity contribution in [1.29, 1.82) is 0 Å². The minimum absolute atomic E-state index is 0. The Labute approximate surface area is 323 Å². The molecule has 0 bridgehead atoms. The molecular formula is C46H34FN4OPt-3. The summed E-state index contributed by atoms with van der Waals surface area (Å²) >= 11 is 0. The van der Waals surface area contributed by atoms with E-state index in [-0.39, 0.29) is 32.3 Å². The molecule has 0 fully saturated rings. The van der Waals surface area contributed by atoms with Crippen LogP contribution in [-0.2, 0) is 26.5 Å². The van der Waals surface area contributed by atoms with Gasteiger partial charge in [0.05, 0.1) is 0 Å². The molecule has 0 amide bonds. The fourth-order valence-corrected chi connectivity index (χ4v) is 6.99. The van der Waals surface area contributed by atoms with Crippen molar-refractivity contribution in [3.05, 3.63) is 176 Å². The first-order chi connectivity index (χ1) is 25.3. The minimum atomic E-state index is -0.258. The zero-order valence-corrected chi connectivity index (χ0v) is 31.6. The number of hydrogen-bond donors (Lipinski definition) is 0. The van der Waals surface area contributed by atoms with E-state index in [1.54, 1.807) is 0 Å². The van der Waals surface area contributed by atoms with Gasteiger partial charge in [0.1, 0.15) is 11.6 Å². The second-order valence-corrected chi connectivity index (χ2v) is 14.0. The summed E-state index contributed by atoms with van der Waals surface area (Å²) in [6.07, 6.45) is 1.88. The molecule has 9 rings (SSSR count). The van der Waals surface area contributed by atoms with Gasteiger partial charge in [-0.25, -0.2) is 9.37 Å². The Morgan fingerprint density at radius 3 is 2.15 bits per heavy atom. The Bertz CT molecular complexity index is 2610. The van der Waals surface area contributed by atoms with E-state index in [1.165, 1.54) is 17.7 Å². The van der Waals surface area contributed by atoms with Gasteiger partial charge in [-0.05, 0) is 70.5 Å². The molecule has 8 aromatic rings. The number of aromatic nitrogens is 2. The number of fused-ring (bicyclic) bond motifs is 4. The van der Waals surface area contributed by atoms with E-state index < -0.39 is 0 Å². The molecule has 2 aromatic heterocycles. The first-order valence-corrected chi connectivity index (χ1v) is 17.3. The third kappa shape index (κ3) is 6.27. The first kappa shape index (κ1) is 34.4. The summed E-state index contributed by atoms with van der Waals surface area (Å²) in [6, 6.07) is 52.7. The van der Waals surface area contributed by atoms with E-state index in [4.69, 9.17) is 9.72 Å². The van der Waals surface area contributed by atoms with Crippen LogP contribution in [-0.4, -0.2) is 9.55 Å². The molecule has 5 nitrogen and oxygen atoms in total. The average Bonchev–Trinajstić information content (AvgIpc) is 3.71. The number of ether oxygens (including phenoxy) is 1. The van der Waals surface area contributed by atoms with Crippen LogP contribution < -0.4 is 14.5 Å². The fourth-order valence-electron chi connectivity index (χ4n) is 6.99. The van der Waals surface area contributed by atoms with Gasteiger partial charge in [-0.2, -0.15) is 12.1 Å². The predicted octanol–water partition coefficient (Wildman–Crippen LogP) is 12.1. The van der Waals surface area contributed by atoms with Crippen LogP contribution in [0, 0.1) is 24.6 Å². The molecule has 0 spiro atoms. The number of halogens is 1. The van der Waals surface area contributed by atoms with Crippen LogP contribution in [0.25, 0.3) is 38.8 Å². The molecule has 0 N–H and O–H groups in total. The second-order valence-electron chi connectivity index (χ2n) is 14.0. The van der Waals surface area contributed by atoms with Crippen molar-refractivity contribution in [2.24, 2.45) is 0 Å². The van der Waals surface area contributed by atoms with E-state index in [9.17, 15) is 4.39 Å². The number of para-hydroxylation sites is 4. The minimum Gasteiger partial charge on any atom is -0.509 e. The topological polar surface area (TPSA) is 33.5 Å². The van der Waals surface area contributed by atoms with Crippen molar-refractivity contribution >= 4 is 44.6 Å². The van der Waals surface area contributed by atoms with Gasteiger partial charge in [0.25, 0.3) is 0 Å². The van der Waals surface area contributed by atoms with Crippen LogP contribution in [0.4, 0.5) is 27.1 Å². The van der Waals surface area contributed by atoms with E-state index in [1.807, 2.05) is 66.9 Å². The molecule has 0 atom stereocenters. The van der Waals surface area contributed by atoms with E-state index >= 15 is 0 Å². The maximum absolute atomic E-state index is 13.8. The Balaban J connectivity index is 0.00000400. The van der Waals surface area contributed by atoms with Gasteiger partial charge >= 0.3 is 0 Å². The van der Waals surface area contributed by atoms with Gasteiger partial charge in [0.2, 0.25) is 0 Å². The molecule has 0 saturated carbocycles. The Morgan fingerprint density at radius 1 is 0.660 bits per heavy atom. The summed E-state index contributed by atoms with van der Waals surface area (Å²) in [5.74, 6) is 1.73. The normalized spacial score (nSPS) is 12.6. The van der Waals surface area contributed by atoms with Crippen molar-refractivity contribution in [1.82, 2.24) is 9.55 Å². The Hall–Kier alpha value is -5.71. The van der Waals surface area contributed by atoms with Crippen LogP contribution in [0.15, 0.2) is 146 Å². The first-order valence-electron chi connectivity index (χ1n) is 17.3. The predicted molar refractivity (Wildman–Crippen MR) is 208 cm³/mol. The number of benzene rings is 6. The SMILES string of the molecule is CC(C)(C)c1ccnc(-n2c3[c-]c(Oc4[c-]c(N5[CH-]N(c6ccccc6-c6ccc(F)cc6)c6ccccc65)ccc4)ccc3c3ccccc32)c1.[Pt]. The van der Waals surface area contributed by atoms with E-state index in [0.717, 1.165) is 61.5 Å². The zero-order chi connectivity index (χ0) is 35.4. The van der Waals surface area contributed by atoms with Crippen LogP contribution in [0.3, 0.4) is 0 Å². The number of anilines is 4. The number of nitrogens with zero attached hydrogens (tertiary/aromatic N) is 4. The smallest absolute Gasteiger partial charge is 0.135 e. The molecule has 1 aliphatic rings. The van der Waals surface area contributed by atoms with Crippen molar-refractivity contribution in [2.75, 3.05) is 9.80 Å². The summed E-state index contributed by atoms with van der Waals surface area (Å²) < 4.78 is 22.5. The van der Waals surface area contributed by atoms with Gasteiger partial charge in [-0.1, -0.05) is 87.0 Å². The zero-order valence-electron chi connectivity index (χ0n) is 29.3. The molecule has 0 unspecified atom stereocenters. The maximum Gasteiger partial charge on any atom is 0.135 e. The second kappa shape index (κ2) is 13.7. The van der Waals surface area contributed by atoms with Crippen molar-refractivity contribution in [2.45, 2.75) is 26.2 Å². The molecule has 0 aliphatic carbocycles. The largest absolute Gasteiger partial charge is 0.509 e. The van der Waals surface area contributed by atoms with Crippen LogP contribution in [0.2, 0.25) is 0 Å². The molecule has 1 aliphatic heterocycles. The average molecular weight is 873 g/mol. The number of rotatable bonds is 6. The van der Waals surface area contributed by atoms with Crippen LogP contribution in [0.1, 0.15) is 26.3 Å². The molecule has 6 aromatic carbocycles. The third-order valence-corrected chi connectivity index (χ3v) is 9.58. The van der Waals surface area contributed by atoms with E-state index in [0.29, 0.717) is 11.5 Å². The van der Waals surface area contributed by atoms with Gasteiger partial charge in [0, 0.05) is 66.9 Å². The maximum atomic E-state index is 13.8. The summed E-state index contributed by atoms with van der Waals surface area (Å²) in [6.45, 7) is 8.70. The fraction of sp³-hybridized carbons (Fsp3) is 0.0870. The summed E-state index contributed by atoms with van der Waals surface area (Å²) in [4.78, 5) is 9.08. The molecule has 0 saturated heterocycles. The molecule has 3 heterocycles. The molecule has 0 radical (unpaired) electrons. The monoisotopic (exact) mass is 872 g/mol. The van der Waals surface area contributed by atoms with E-state index in [2.05, 4.69) is 121 Å². The Kier molecular flexibility index (Phi) is 8.88. The quantitative estimate of drug-likeness (QED) is 0.156. The van der Waals surface area contributed by atoms with Gasteiger partial charge in [-0.3, -0.25) is 0 Å². The molecule has 53 heavy (non-hydrogen) atoms. The van der Waals surface area contributed by atoms with Crippen LogP contribution >= 0.6 is 0 Å². The number of hydrogen-bond acceptors (Lipinski definition) is 4. The molecule has 7 heteroatoms. The summed E-state index contributed by atoms with van der Waals surface area (Å²) in [7, 11) is 0.